The molecule has 21 heavy (non-hydrogen) atoms. The molecule has 0 rings (SSSR count). The quantitative estimate of drug-likeness (QED) is 0.419. The van der Waals surface area contributed by atoms with E-state index in [4.69, 9.17) is 14.6 Å². The number of hydrogen-bond acceptors (Lipinski definition) is 4. The summed E-state index contributed by atoms with van der Waals surface area (Å²) in [6.07, 6.45) is 11.0. The summed E-state index contributed by atoms with van der Waals surface area (Å²) in [6, 6.07) is 0. The molecule has 0 aromatic heterocycles. The van der Waals surface area contributed by atoms with E-state index in [0.717, 1.165) is 13.2 Å². The molecule has 0 aromatic rings. The third-order valence-electron chi connectivity index (χ3n) is 3.62. The van der Waals surface area contributed by atoms with E-state index in [9.17, 15) is 0 Å². The molecule has 0 saturated heterocycles. The topological polar surface area (TPSA) is 41.9 Å². The van der Waals surface area contributed by atoms with Crippen LogP contribution in [0.2, 0.25) is 0 Å². The van der Waals surface area contributed by atoms with E-state index in [-0.39, 0.29) is 6.61 Å². The monoisotopic (exact) mass is 303 g/mol. The van der Waals surface area contributed by atoms with E-state index in [1.54, 1.807) is 0 Å². The Balaban J connectivity index is 3.11. The number of ether oxygens (including phenoxy) is 2. The molecule has 0 aliphatic rings. The fourth-order valence-electron chi connectivity index (χ4n) is 2.23. The SMILES string of the molecule is CCCCCCCCCCN(C)CCOCCOCCO. The fraction of sp³-hybridized carbons (Fsp3) is 1.00. The van der Waals surface area contributed by atoms with Gasteiger partial charge in [0.25, 0.3) is 0 Å². The van der Waals surface area contributed by atoms with Crippen molar-refractivity contribution in [2.75, 3.05) is 53.2 Å². The normalized spacial score (nSPS) is 11.4. The van der Waals surface area contributed by atoms with Gasteiger partial charge < -0.3 is 19.5 Å². The van der Waals surface area contributed by atoms with Gasteiger partial charge in [-0.25, -0.2) is 0 Å². The van der Waals surface area contributed by atoms with Crippen LogP contribution in [0.15, 0.2) is 0 Å². The van der Waals surface area contributed by atoms with Gasteiger partial charge in [-0.15, -0.1) is 0 Å². The van der Waals surface area contributed by atoms with Crippen molar-refractivity contribution in [1.82, 2.24) is 4.90 Å². The summed E-state index contributed by atoms with van der Waals surface area (Å²) < 4.78 is 10.6. The number of aliphatic hydroxyl groups is 1. The van der Waals surface area contributed by atoms with E-state index in [0.29, 0.717) is 19.8 Å². The molecule has 0 unspecified atom stereocenters. The van der Waals surface area contributed by atoms with Gasteiger partial charge in [0.1, 0.15) is 0 Å². The Morgan fingerprint density at radius 2 is 1.29 bits per heavy atom. The molecule has 4 nitrogen and oxygen atoms in total. The molecule has 0 spiro atoms. The number of hydrogen-bond donors (Lipinski definition) is 1. The van der Waals surface area contributed by atoms with Gasteiger partial charge >= 0.3 is 0 Å². The molecule has 0 radical (unpaired) electrons. The van der Waals surface area contributed by atoms with Crippen molar-refractivity contribution in [3.8, 4) is 0 Å². The first-order valence-corrected chi connectivity index (χ1v) is 8.76. The van der Waals surface area contributed by atoms with Gasteiger partial charge in [-0.1, -0.05) is 51.9 Å². The summed E-state index contributed by atoms with van der Waals surface area (Å²) in [5, 5.41) is 8.54. The number of rotatable bonds is 17. The van der Waals surface area contributed by atoms with Crippen molar-refractivity contribution in [2.24, 2.45) is 0 Å². The largest absolute Gasteiger partial charge is 0.394 e. The molecule has 0 amide bonds. The molecule has 0 atom stereocenters. The van der Waals surface area contributed by atoms with Crippen LogP contribution in [-0.4, -0.2) is 63.2 Å². The molecule has 0 aliphatic heterocycles. The summed E-state index contributed by atoms with van der Waals surface area (Å²) in [6.45, 7) is 6.85. The maximum Gasteiger partial charge on any atom is 0.0701 e. The van der Waals surface area contributed by atoms with Crippen molar-refractivity contribution in [1.29, 1.82) is 0 Å². The maximum absolute atomic E-state index is 8.54. The van der Waals surface area contributed by atoms with Gasteiger partial charge in [0, 0.05) is 6.54 Å². The van der Waals surface area contributed by atoms with Crippen LogP contribution in [0.4, 0.5) is 0 Å². The van der Waals surface area contributed by atoms with Crippen molar-refractivity contribution in [2.45, 2.75) is 58.3 Å². The van der Waals surface area contributed by atoms with Gasteiger partial charge in [-0.2, -0.15) is 0 Å². The van der Waals surface area contributed by atoms with E-state index < -0.39 is 0 Å². The molecule has 4 heteroatoms. The van der Waals surface area contributed by atoms with Crippen LogP contribution >= 0.6 is 0 Å². The average molecular weight is 303 g/mol. The number of aliphatic hydroxyl groups excluding tert-OH is 1. The zero-order valence-corrected chi connectivity index (χ0v) is 14.3. The highest BCUT2D eigenvalue weighted by Crippen LogP contribution is 2.08. The van der Waals surface area contributed by atoms with E-state index in [2.05, 4.69) is 18.9 Å². The van der Waals surface area contributed by atoms with E-state index in [1.807, 2.05) is 0 Å². The molecular formula is C17H37NO3. The Hall–Kier alpha value is -0.160. The van der Waals surface area contributed by atoms with Gasteiger partial charge in [-0.05, 0) is 20.0 Å². The Bertz CT molecular complexity index is 191. The molecule has 0 aromatic carbocycles. The Morgan fingerprint density at radius 1 is 0.714 bits per heavy atom. The molecule has 0 heterocycles. The predicted molar refractivity (Wildman–Crippen MR) is 88.8 cm³/mol. The van der Waals surface area contributed by atoms with Crippen LogP contribution < -0.4 is 0 Å². The zero-order valence-electron chi connectivity index (χ0n) is 14.3. The first kappa shape index (κ1) is 20.8. The van der Waals surface area contributed by atoms with Crippen LogP contribution in [0.25, 0.3) is 0 Å². The lowest BCUT2D eigenvalue weighted by Gasteiger charge is -2.16. The van der Waals surface area contributed by atoms with Gasteiger partial charge in [0.05, 0.1) is 33.0 Å². The zero-order chi connectivity index (χ0) is 15.6. The molecule has 0 fully saturated rings. The fourth-order valence-corrected chi connectivity index (χ4v) is 2.23. The average Bonchev–Trinajstić information content (AvgIpc) is 2.49. The predicted octanol–water partition coefficient (Wildman–Crippen LogP) is 3.08. The van der Waals surface area contributed by atoms with Crippen molar-refractivity contribution >= 4 is 0 Å². The summed E-state index contributed by atoms with van der Waals surface area (Å²) in [4.78, 5) is 2.34. The first-order chi connectivity index (χ1) is 10.3. The second kappa shape index (κ2) is 17.9. The minimum absolute atomic E-state index is 0.0847. The molecule has 1 N–H and O–H groups in total. The summed E-state index contributed by atoms with van der Waals surface area (Å²) in [5.74, 6) is 0. The highest BCUT2D eigenvalue weighted by molar-refractivity contribution is 4.52. The lowest BCUT2D eigenvalue weighted by molar-refractivity contribution is 0.0281. The Kier molecular flexibility index (Phi) is 17.8. The third kappa shape index (κ3) is 17.8. The smallest absolute Gasteiger partial charge is 0.0701 e. The molecule has 0 saturated carbocycles. The summed E-state index contributed by atoms with van der Waals surface area (Å²) in [7, 11) is 2.16. The third-order valence-corrected chi connectivity index (χ3v) is 3.62. The van der Waals surface area contributed by atoms with Crippen LogP contribution in [0.1, 0.15) is 58.3 Å². The Morgan fingerprint density at radius 3 is 1.90 bits per heavy atom. The Labute approximate surface area is 131 Å². The van der Waals surface area contributed by atoms with Crippen LogP contribution in [-0.2, 0) is 9.47 Å². The lowest BCUT2D eigenvalue weighted by atomic mass is 10.1. The van der Waals surface area contributed by atoms with Crippen LogP contribution in [0.5, 0.6) is 0 Å². The van der Waals surface area contributed by atoms with E-state index >= 15 is 0 Å². The van der Waals surface area contributed by atoms with Crippen LogP contribution in [0, 0.1) is 0 Å². The molecule has 0 aliphatic carbocycles. The minimum atomic E-state index is 0.0847. The standard InChI is InChI=1S/C17H37NO3/c1-3-4-5-6-7-8-9-10-11-18(2)12-14-20-16-17-21-15-13-19/h19H,3-17H2,1-2H3. The van der Waals surface area contributed by atoms with Crippen molar-refractivity contribution < 1.29 is 14.6 Å². The van der Waals surface area contributed by atoms with Gasteiger partial charge in [-0.3, -0.25) is 0 Å². The summed E-state index contributed by atoms with van der Waals surface area (Å²) >= 11 is 0. The van der Waals surface area contributed by atoms with E-state index in [1.165, 1.54) is 57.9 Å². The lowest BCUT2D eigenvalue weighted by Crippen LogP contribution is -2.25. The van der Waals surface area contributed by atoms with Crippen molar-refractivity contribution in [3.63, 3.8) is 0 Å². The number of likely N-dealkylation sites (N-methyl/N-ethyl adjacent to an activating group) is 1. The van der Waals surface area contributed by atoms with Gasteiger partial charge in [0.2, 0.25) is 0 Å². The highest BCUT2D eigenvalue weighted by atomic mass is 16.5. The molecule has 0 bridgehead atoms. The van der Waals surface area contributed by atoms with Crippen molar-refractivity contribution in [3.05, 3.63) is 0 Å². The number of unbranched alkanes of at least 4 members (excludes halogenated alkanes) is 7. The highest BCUT2D eigenvalue weighted by Gasteiger charge is 1.98. The second-order valence-electron chi connectivity index (χ2n) is 5.73. The second-order valence-corrected chi connectivity index (χ2v) is 5.73. The minimum Gasteiger partial charge on any atom is -0.394 e. The number of nitrogens with zero attached hydrogens (tertiary/aromatic N) is 1. The molecule has 128 valence electrons. The summed E-state index contributed by atoms with van der Waals surface area (Å²) in [5.41, 5.74) is 0. The molecular weight excluding hydrogens is 266 g/mol. The van der Waals surface area contributed by atoms with Gasteiger partial charge in [0.15, 0.2) is 0 Å². The first-order valence-electron chi connectivity index (χ1n) is 8.76. The maximum atomic E-state index is 8.54. The van der Waals surface area contributed by atoms with Crippen LogP contribution in [0.3, 0.4) is 0 Å².